The Morgan fingerprint density at radius 3 is 2.65 bits per heavy atom. The summed E-state index contributed by atoms with van der Waals surface area (Å²) in [7, 11) is 0. The lowest BCUT2D eigenvalue weighted by Gasteiger charge is -2.18. The van der Waals surface area contributed by atoms with Crippen molar-refractivity contribution in [2.24, 2.45) is 5.92 Å². The van der Waals surface area contributed by atoms with Gasteiger partial charge in [0.2, 0.25) is 0 Å². The molecule has 0 bridgehead atoms. The molecule has 1 aliphatic rings. The summed E-state index contributed by atoms with van der Waals surface area (Å²) in [5.41, 5.74) is 1.41. The molecule has 0 amide bonds. The molecule has 1 N–H and O–H groups in total. The monoisotopic (exact) mass is 290 g/mol. The number of nitrogens with one attached hydrogen (secondary N) is 1. The highest BCUT2D eigenvalue weighted by molar-refractivity contribution is 6.36. The molecular formula is C16H19ClN2O. The Hall–Kier alpha value is -1.35. The minimum atomic E-state index is 0.144. The number of hydrogen-bond acceptors (Lipinski definition) is 2. The molecule has 0 aliphatic heterocycles. The molecule has 106 valence electrons. The number of carbonyl (C=O) groups excluding carboxylic acids is 1. The number of fused-ring (bicyclic) bond motifs is 1. The van der Waals surface area contributed by atoms with Gasteiger partial charge in [0.15, 0.2) is 5.78 Å². The van der Waals surface area contributed by atoms with Crippen molar-refractivity contribution in [3.63, 3.8) is 0 Å². The molecule has 0 spiro atoms. The van der Waals surface area contributed by atoms with E-state index in [4.69, 9.17) is 11.6 Å². The number of pyridine rings is 1. The second-order valence-electron chi connectivity index (χ2n) is 5.63. The maximum absolute atomic E-state index is 12.8. The first-order valence-electron chi connectivity index (χ1n) is 7.43. The number of Topliss-reactive ketones (excluding diaryl/α,β-unsaturated/α-hetero) is 1. The van der Waals surface area contributed by atoms with Gasteiger partial charge >= 0.3 is 0 Å². The predicted molar refractivity (Wildman–Crippen MR) is 81.2 cm³/mol. The first-order chi connectivity index (χ1) is 9.77. The molecule has 1 fully saturated rings. The third-order valence-corrected chi connectivity index (χ3v) is 4.58. The lowest BCUT2D eigenvalue weighted by molar-refractivity contribution is 0.0900. The van der Waals surface area contributed by atoms with E-state index in [9.17, 15) is 4.79 Å². The van der Waals surface area contributed by atoms with Gasteiger partial charge in [-0.3, -0.25) is 4.79 Å². The molecule has 0 radical (unpaired) electrons. The van der Waals surface area contributed by atoms with Crippen molar-refractivity contribution in [2.45, 2.75) is 44.9 Å². The second-order valence-corrected chi connectivity index (χ2v) is 6.03. The molecule has 1 aliphatic carbocycles. The average Bonchev–Trinajstić information content (AvgIpc) is 2.83. The zero-order valence-electron chi connectivity index (χ0n) is 11.5. The van der Waals surface area contributed by atoms with Crippen LogP contribution in [0.1, 0.15) is 55.3 Å². The summed E-state index contributed by atoms with van der Waals surface area (Å²) in [6.45, 7) is 0. The summed E-state index contributed by atoms with van der Waals surface area (Å²) in [4.78, 5) is 20.1. The normalized spacial score (nSPS) is 17.9. The molecule has 0 unspecified atom stereocenters. The molecule has 0 aromatic carbocycles. The highest BCUT2D eigenvalue weighted by atomic mass is 35.5. The van der Waals surface area contributed by atoms with Gasteiger partial charge in [0.05, 0.1) is 5.02 Å². The van der Waals surface area contributed by atoms with Gasteiger partial charge < -0.3 is 4.98 Å². The quantitative estimate of drug-likeness (QED) is 0.811. The second kappa shape index (κ2) is 5.96. The van der Waals surface area contributed by atoms with Gasteiger partial charge in [0.25, 0.3) is 0 Å². The number of halogens is 1. The fourth-order valence-corrected chi connectivity index (χ4v) is 3.40. The van der Waals surface area contributed by atoms with Crippen molar-refractivity contribution >= 4 is 28.4 Å². The average molecular weight is 291 g/mol. The van der Waals surface area contributed by atoms with Crippen molar-refractivity contribution in [3.8, 4) is 0 Å². The maximum Gasteiger partial charge on any atom is 0.168 e. The van der Waals surface area contributed by atoms with Crippen molar-refractivity contribution in [1.82, 2.24) is 9.97 Å². The molecule has 2 aromatic heterocycles. The van der Waals surface area contributed by atoms with Crippen LogP contribution in [0.4, 0.5) is 0 Å². The number of nitrogens with zero attached hydrogens (tertiary/aromatic N) is 1. The molecular weight excluding hydrogens is 272 g/mol. The third-order valence-electron chi connectivity index (χ3n) is 4.26. The van der Waals surface area contributed by atoms with Gasteiger partial charge in [-0.05, 0) is 18.9 Å². The van der Waals surface area contributed by atoms with Crippen LogP contribution in [0.5, 0.6) is 0 Å². The largest absolute Gasteiger partial charge is 0.345 e. The van der Waals surface area contributed by atoms with E-state index >= 15 is 0 Å². The van der Waals surface area contributed by atoms with Crippen LogP contribution in [0.25, 0.3) is 11.0 Å². The SMILES string of the molecule is O=C(c1c[nH]c2nccc(Cl)c12)C1CCCCCCC1. The van der Waals surface area contributed by atoms with E-state index in [2.05, 4.69) is 9.97 Å². The van der Waals surface area contributed by atoms with Crippen LogP contribution >= 0.6 is 11.6 Å². The zero-order chi connectivity index (χ0) is 13.9. The fourth-order valence-electron chi connectivity index (χ4n) is 3.15. The number of rotatable bonds is 2. The highest BCUT2D eigenvalue weighted by Gasteiger charge is 2.24. The molecule has 2 aromatic rings. The maximum atomic E-state index is 12.8. The standard InChI is InChI=1S/C16H19ClN2O/c17-13-8-9-18-16-14(13)12(10-19-16)15(20)11-6-4-2-1-3-5-7-11/h8-11H,1-7H2,(H,18,19). The Kier molecular flexibility index (Phi) is 4.06. The minimum Gasteiger partial charge on any atom is -0.345 e. The van der Waals surface area contributed by atoms with E-state index in [1.165, 1.54) is 19.3 Å². The molecule has 20 heavy (non-hydrogen) atoms. The number of hydrogen-bond donors (Lipinski definition) is 1. The van der Waals surface area contributed by atoms with Crippen LogP contribution < -0.4 is 0 Å². The Labute approximate surface area is 123 Å². The number of H-pyrrole nitrogens is 1. The van der Waals surface area contributed by atoms with E-state index in [1.807, 2.05) is 0 Å². The summed E-state index contributed by atoms with van der Waals surface area (Å²) in [6.07, 6.45) is 11.6. The van der Waals surface area contributed by atoms with Crippen molar-refractivity contribution < 1.29 is 4.79 Å². The summed E-state index contributed by atoms with van der Waals surface area (Å²) in [5, 5.41) is 1.38. The van der Waals surface area contributed by atoms with Gasteiger partial charge in [-0.2, -0.15) is 0 Å². The summed E-state index contributed by atoms with van der Waals surface area (Å²) in [5.74, 6) is 0.374. The lowest BCUT2D eigenvalue weighted by atomic mass is 9.86. The Bertz CT molecular complexity index is 612. The zero-order valence-corrected chi connectivity index (χ0v) is 12.2. The summed E-state index contributed by atoms with van der Waals surface area (Å²) in [6, 6.07) is 1.74. The van der Waals surface area contributed by atoms with Crippen LogP contribution in [0.15, 0.2) is 18.5 Å². The van der Waals surface area contributed by atoms with E-state index < -0.39 is 0 Å². The van der Waals surface area contributed by atoms with Gasteiger partial charge in [0, 0.05) is 29.3 Å². The van der Waals surface area contributed by atoms with E-state index in [1.54, 1.807) is 18.5 Å². The van der Waals surface area contributed by atoms with Gasteiger partial charge in [-0.15, -0.1) is 0 Å². The smallest absolute Gasteiger partial charge is 0.168 e. The number of aromatic amines is 1. The first-order valence-corrected chi connectivity index (χ1v) is 7.81. The minimum absolute atomic E-state index is 0.144. The van der Waals surface area contributed by atoms with Crippen molar-refractivity contribution in [3.05, 3.63) is 29.0 Å². The van der Waals surface area contributed by atoms with E-state index in [0.29, 0.717) is 16.2 Å². The van der Waals surface area contributed by atoms with E-state index in [-0.39, 0.29) is 11.7 Å². The Balaban J connectivity index is 1.91. The molecule has 1 saturated carbocycles. The molecule has 3 nitrogen and oxygen atoms in total. The van der Waals surface area contributed by atoms with Crippen LogP contribution in [0.3, 0.4) is 0 Å². The molecule has 2 heterocycles. The Morgan fingerprint density at radius 2 is 1.90 bits per heavy atom. The molecule has 3 rings (SSSR count). The van der Waals surface area contributed by atoms with Crippen molar-refractivity contribution in [1.29, 1.82) is 0 Å². The van der Waals surface area contributed by atoms with Crippen LogP contribution in [0.2, 0.25) is 5.02 Å². The summed E-state index contributed by atoms with van der Waals surface area (Å²) < 4.78 is 0. The van der Waals surface area contributed by atoms with Crippen LogP contribution in [-0.2, 0) is 0 Å². The Morgan fingerprint density at radius 1 is 1.20 bits per heavy atom. The van der Waals surface area contributed by atoms with Crippen molar-refractivity contribution in [2.75, 3.05) is 0 Å². The van der Waals surface area contributed by atoms with E-state index in [0.717, 1.165) is 31.1 Å². The molecule has 0 atom stereocenters. The fraction of sp³-hybridized carbons (Fsp3) is 0.500. The summed E-state index contributed by atoms with van der Waals surface area (Å²) >= 11 is 6.23. The topological polar surface area (TPSA) is 45.8 Å². The number of carbonyl (C=O) groups is 1. The molecule has 4 heteroatoms. The third kappa shape index (κ3) is 2.59. The van der Waals surface area contributed by atoms with Gasteiger partial charge in [0.1, 0.15) is 5.65 Å². The number of aromatic nitrogens is 2. The van der Waals surface area contributed by atoms with Gasteiger partial charge in [-0.1, -0.05) is 43.7 Å². The van der Waals surface area contributed by atoms with Gasteiger partial charge in [-0.25, -0.2) is 4.98 Å². The van der Waals surface area contributed by atoms with Crippen LogP contribution in [-0.4, -0.2) is 15.8 Å². The molecule has 0 saturated heterocycles. The van der Waals surface area contributed by atoms with Crippen LogP contribution in [0, 0.1) is 5.92 Å². The predicted octanol–water partition coefficient (Wildman–Crippen LogP) is 4.76. The first kappa shape index (κ1) is 13.6. The highest BCUT2D eigenvalue weighted by Crippen LogP contribution is 2.30. The lowest BCUT2D eigenvalue weighted by Crippen LogP contribution is -2.16. The number of ketones is 1.